The number of fused-ring (bicyclic) bond motifs is 1. The SMILES string of the molecule is Cc1cccc2c1ccn2CCNCCc1ccsc1. The quantitative estimate of drug-likeness (QED) is 0.680. The summed E-state index contributed by atoms with van der Waals surface area (Å²) in [7, 11) is 0. The largest absolute Gasteiger partial charge is 0.346 e. The summed E-state index contributed by atoms with van der Waals surface area (Å²) in [5.41, 5.74) is 4.13. The number of rotatable bonds is 6. The minimum Gasteiger partial charge on any atom is -0.346 e. The summed E-state index contributed by atoms with van der Waals surface area (Å²) in [5.74, 6) is 0. The van der Waals surface area contributed by atoms with Crippen molar-refractivity contribution in [1.82, 2.24) is 9.88 Å². The van der Waals surface area contributed by atoms with Crippen LogP contribution in [0.15, 0.2) is 47.3 Å². The van der Waals surface area contributed by atoms with E-state index in [2.05, 4.69) is 64.1 Å². The second-order valence-electron chi connectivity index (χ2n) is 5.15. The van der Waals surface area contributed by atoms with Gasteiger partial charge in [0.25, 0.3) is 0 Å². The lowest BCUT2D eigenvalue weighted by Crippen LogP contribution is -2.22. The van der Waals surface area contributed by atoms with Crippen LogP contribution in [0.3, 0.4) is 0 Å². The summed E-state index contributed by atoms with van der Waals surface area (Å²) in [6.07, 6.45) is 3.31. The fraction of sp³-hybridized carbons (Fsp3) is 0.294. The number of thiophene rings is 1. The van der Waals surface area contributed by atoms with Crippen molar-refractivity contribution in [1.29, 1.82) is 0 Å². The van der Waals surface area contributed by atoms with E-state index in [1.807, 2.05) is 0 Å². The van der Waals surface area contributed by atoms with Gasteiger partial charge in [0, 0.05) is 30.2 Å². The van der Waals surface area contributed by atoms with Crippen LogP contribution in [0, 0.1) is 6.92 Å². The summed E-state index contributed by atoms with van der Waals surface area (Å²) in [4.78, 5) is 0. The average molecular weight is 284 g/mol. The predicted molar refractivity (Wildman–Crippen MR) is 87.6 cm³/mol. The number of hydrogen-bond acceptors (Lipinski definition) is 2. The van der Waals surface area contributed by atoms with E-state index in [4.69, 9.17) is 0 Å². The molecule has 0 unspecified atom stereocenters. The molecule has 0 saturated heterocycles. The minimum absolute atomic E-state index is 1.02. The van der Waals surface area contributed by atoms with E-state index in [1.54, 1.807) is 11.3 Å². The van der Waals surface area contributed by atoms with E-state index in [1.165, 1.54) is 22.0 Å². The Morgan fingerprint density at radius 3 is 2.95 bits per heavy atom. The molecule has 0 aliphatic carbocycles. The van der Waals surface area contributed by atoms with Gasteiger partial charge in [0.1, 0.15) is 0 Å². The highest BCUT2D eigenvalue weighted by molar-refractivity contribution is 7.07. The first-order valence-corrected chi connectivity index (χ1v) is 8.05. The minimum atomic E-state index is 1.02. The van der Waals surface area contributed by atoms with Crippen LogP contribution < -0.4 is 5.32 Å². The fourth-order valence-electron chi connectivity index (χ4n) is 2.56. The van der Waals surface area contributed by atoms with Gasteiger partial charge in [-0.2, -0.15) is 11.3 Å². The Hall–Kier alpha value is -1.58. The van der Waals surface area contributed by atoms with Crippen LogP contribution in [0.1, 0.15) is 11.1 Å². The molecule has 3 rings (SSSR count). The molecule has 0 aliphatic heterocycles. The lowest BCUT2D eigenvalue weighted by molar-refractivity contribution is 0.610. The molecular weight excluding hydrogens is 264 g/mol. The molecule has 2 aromatic heterocycles. The summed E-state index contributed by atoms with van der Waals surface area (Å²) >= 11 is 1.77. The summed E-state index contributed by atoms with van der Waals surface area (Å²) in [6.45, 7) is 5.26. The first kappa shape index (κ1) is 13.4. The molecule has 2 heterocycles. The van der Waals surface area contributed by atoms with Crippen molar-refractivity contribution in [3.63, 3.8) is 0 Å². The number of aromatic nitrogens is 1. The van der Waals surface area contributed by atoms with E-state index in [0.717, 1.165) is 26.1 Å². The second kappa shape index (κ2) is 6.25. The van der Waals surface area contributed by atoms with Gasteiger partial charge in [-0.25, -0.2) is 0 Å². The van der Waals surface area contributed by atoms with Crippen LogP contribution in [0.2, 0.25) is 0 Å². The van der Waals surface area contributed by atoms with Crippen molar-refractivity contribution in [2.75, 3.05) is 13.1 Å². The third kappa shape index (κ3) is 2.94. The molecular formula is C17H20N2S. The normalized spacial score (nSPS) is 11.2. The van der Waals surface area contributed by atoms with Gasteiger partial charge >= 0.3 is 0 Å². The number of benzene rings is 1. The first-order valence-electron chi connectivity index (χ1n) is 7.11. The van der Waals surface area contributed by atoms with Gasteiger partial charge in [-0.3, -0.25) is 0 Å². The van der Waals surface area contributed by atoms with Crippen LogP contribution in [-0.2, 0) is 13.0 Å². The van der Waals surface area contributed by atoms with Crippen molar-refractivity contribution in [2.24, 2.45) is 0 Å². The fourth-order valence-corrected chi connectivity index (χ4v) is 3.27. The van der Waals surface area contributed by atoms with E-state index < -0.39 is 0 Å². The topological polar surface area (TPSA) is 17.0 Å². The van der Waals surface area contributed by atoms with E-state index >= 15 is 0 Å². The van der Waals surface area contributed by atoms with Gasteiger partial charge in [0.05, 0.1) is 0 Å². The van der Waals surface area contributed by atoms with Gasteiger partial charge in [-0.15, -0.1) is 0 Å². The Morgan fingerprint density at radius 2 is 2.10 bits per heavy atom. The maximum Gasteiger partial charge on any atom is 0.0483 e. The summed E-state index contributed by atoms with van der Waals surface area (Å²) in [6, 6.07) is 10.9. The van der Waals surface area contributed by atoms with Crippen molar-refractivity contribution in [3.05, 3.63) is 58.4 Å². The number of hydrogen-bond donors (Lipinski definition) is 1. The van der Waals surface area contributed by atoms with Gasteiger partial charge in [0.2, 0.25) is 0 Å². The van der Waals surface area contributed by atoms with Crippen molar-refractivity contribution in [2.45, 2.75) is 19.9 Å². The van der Waals surface area contributed by atoms with Gasteiger partial charge in [0.15, 0.2) is 0 Å². The number of aryl methyl sites for hydroxylation is 1. The average Bonchev–Trinajstić information content (AvgIpc) is 3.09. The highest BCUT2D eigenvalue weighted by atomic mass is 32.1. The Labute approximate surface area is 124 Å². The lowest BCUT2D eigenvalue weighted by Gasteiger charge is -2.07. The highest BCUT2D eigenvalue weighted by Crippen LogP contribution is 2.19. The Kier molecular flexibility index (Phi) is 4.19. The molecule has 0 bridgehead atoms. The molecule has 2 nitrogen and oxygen atoms in total. The molecule has 1 N–H and O–H groups in total. The first-order chi connectivity index (χ1) is 9.84. The van der Waals surface area contributed by atoms with Gasteiger partial charge in [-0.1, -0.05) is 12.1 Å². The van der Waals surface area contributed by atoms with E-state index in [0.29, 0.717) is 0 Å². The van der Waals surface area contributed by atoms with E-state index in [9.17, 15) is 0 Å². The third-order valence-electron chi connectivity index (χ3n) is 3.73. The molecule has 0 radical (unpaired) electrons. The molecule has 3 heteroatoms. The monoisotopic (exact) mass is 284 g/mol. The lowest BCUT2D eigenvalue weighted by atomic mass is 10.1. The number of nitrogens with zero attached hydrogens (tertiary/aromatic N) is 1. The molecule has 1 aromatic carbocycles. The van der Waals surface area contributed by atoms with Crippen LogP contribution in [0.25, 0.3) is 10.9 Å². The van der Waals surface area contributed by atoms with Crippen molar-refractivity contribution < 1.29 is 0 Å². The van der Waals surface area contributed by atoms with Crippen molar-refractivity contribution in [3.8, 4) is 0 Å². The van der Waals surface area contributed by atoms with Gasteiger partial charge in [-0.05, 0) is 60.0 Å². The molecule has 0 atom stereocenters. The molecule has 0 amide bonds. The Bertz CT molecular complexity index is 667. The maximum absolute atomic E-state index is 3.53. The molecule has 0 fully saturated rings. The predicted octanol–water partition coefficient (Wildman–Crippen LogP) is 3.84. The van der Waals surface area contributed by atoms with E-state index in [-0.39, 0.29) is 0 Å². The van der Waals surface area contributed by atoms with Crippen molar-refractivity contribution >= 4 is 22.2 Å². The Balaban J connectivity index is 1.51. The zero-order chi connectivity index (χ0) is 13.8. The maximum atomic E-state index is 3.53. The molecule has 104 valence electrons. The molecule has 20 heavy (non-hydrogen) atoms. The zero-order valence-electron chi connectivity index (χ0n) is 11.8. The Morgan fingerprint density at radius 1 is 1.15 bits per heavy atom. The van der Waals surface area contributed by atoms with Crippen LogP contribution in [-0.4, -0.2) is 17.7 Å². The van der Waals surface area contributed by atoms with Crippen LogP contribution in [0.5, 0.6) is 0 Å². The summed E-state index contributed by atoms with van der Waals surface area (Å²) < 4.78 is 2.33. The standard InChI is InChI=1S/C17H20N2S/c1-14-3-2-4-17-16(14)6-10-19(17)11-9-18-8-5-15-7-12-20-13-15/h2-4,6-7,10,12-13,18H,5,8-9,11H2,1H3. The smallest absolute Gasteiger partial charge is 0.0483 e. The highest BCUT2D eigenvalue weighted by Gasteiger charge is 2.02. The van der Waals surface area contributed by atoms with Crippen LogP contribution >= 0.6 is 11.3 Å². The molecule has 0 spiro atoms. The molecule has 0 aliphatic rings. The van der Waals surface area contributed by atoms with Gasteiger partial charge < -0.3 is 9.88 Å². The summed E-state index contributed by atoms with van der Waals surface area (Å²) in [5, 5.41) is 9.26. The molecule has 0 saturated carbocycles. The second-order valence-corrected chi connectivity index (χ2v) is 5.93. The number of nitrogens with one attached hydrogen (secondary N) is 1. The third-order valence-corrected chi connectivity index (χ3v) is 4.46. The van der Waals surface area contributed by atoms with Crippen LogP contribution in [0.4, 0.5) is 0 Å². The molecule has 3 aromatic rings. The zero-order valence-corrected chi connectivity index (χ0v) is 12.6.